The fourth-order valence-electron chi connectivity index (χ4n) is 3.24. The Morgan fingerprint density at radius 3 is 2.46 bits per heavy atom. The van der Waals surface area contributed by atoms with Gasteiger partial charge in [-0.3, -0.25) is 4.79 Å². The van der Waals surface area contributed by atoms with Gasteiger partial charge in [-0.1, -0.05) is 20.8 Å². The first-order valence-electron chi connectivity index (χ1n) is 8.26. The number of halogens is 1. The molecule has 1 saturated heterocycles. The molecule has 6 nitrogen and oxygen atoms in total. The van der Waals surface area contributed by atoms with Gasteiger partial charge in [-0.25, -0.2) is 9.97 Å². The van der Waals surface area contributed by atoms with E-state index >= 15 is 0 Å². The fourth-order valence-corrected chi connectivity index (χ4v) is 3.42. The number of ether oxygens (including phenoxy) is 1. The van der Waals surface area contributed by atoms with E-state index in [1.165, 1.54) is 0 Å². The van der Waals surface area contributed by atoms with Crippen molar-refractivity contribution in [3.05, 3.63) is 17.0 Å². The summed E-state index contributed by atoms with van der Waals surface area (Å²) in [5.41, 5.74) is 0.292. The highest BCUT2D eigenvalue weighted by Crippen LogP contribution is 2.29. The molecule has 1 fully saturated rings. The molecule has 0 atom stereocenters. The molecule has 7 heteroatoms. The number of morpholine rings is 1. The van der Waals surface area contributed by atoms with Gasteiger partial charge >= 0.3 is 0 Å². The Morgan fingerprint density at radius 1 is 1.25 bits per heavy atom. The van der Waals surface area contributed by atoms with E-state index in [4.69, 9.17) is 16.3 Å². The van der Waals surface area contributed by atoms with Crippen molar-refractivity contribution in [3.8, 4) is 0 Å². The largest absolute Gasteiger partial charge is 0.378 e. The third kappa shape index (κ3) is 5.60. The highest BCUT2D eigenvalue weighted by molar-refractivity contribution is 6.28. The van der Waals surface area contributed by atoms with Gasteiger partial charge in [0.15, 0.2) is 0 Å². The van der Waals surface area contributed by atoms with Gasteiger partial charge in [-0.05, 0) is 37.3 Å². The fraction of sp³-hybridized carbons (Fsp3) is 0.706. The molecule has 1 aromatic heterocycles. The zero-order chi connectivity index (χ0) is 18.0. The maximum Gasteiger partial charge on any atom is 0.272 e. The summed E-state index contributed by atoms with van der Waals surface area (Å²) < 4.78 is 5.28. The van der Waals surface area contributed by atoms with Crippen LogP contribution in [0.25, 0.3) is 0 Å². The number of anilines is 1. The molecule has 1 aliphatic rings. The van der Waals surface area contributed by atoms with Crippen LogP contribution in [0, 0.1) is 5.41 Å². The van der Waals surface area contributed by atoms with E-state index in [-0.39, 0.29) is 22.1 Å². The Balaban J connectivity index is 2.17. The first-order chi connectivity index (χ1) is 11.1. The third-order valence-electron chi connectivity index (χ3n) is 3.66. The summed E-state index contributed by atoms with van der Waals surface area (Å²) in [7, 11) is 0. The van der Waals surface area contributed by atoms with Crippen LogP contribution in [0.4, 0.5) is 5.82 Å². The van der Waals surface area contributed by atoms with Crippen molar-refractivity contribution in [3.63, 3.8) is 0 Å². The predicted octanol–water partition coefficient (Wildman–Crippen LogP) is 3.23. The molecular weight excluding hydrogens is 328 g/mol. The van der Waals surface area contributed by atoms with Crippen LogP contribution in [0.2, 0.25) is 5.28 Å². The van der Waals surface area contributed by atoms with E-state index < -0.39 is 0 Å². The molecular formula is C17H27ClN4O2. The Bertz CT molecular complexity index is 593. The lowest BCUT2D eigenvalue weighted by Crippen LogP contribution is -2.41. The highest BCUT2D eigenvalue weighted by Gasteiger charge is 2.27. The normalized spacial score (nSPS) is 16.2. The van der Waals surface area contributed by atoms with E-state index in [0.717, 1.165) is 6.42 Å². The van der Waals surface area contributed by atoms with Gasteiger partial charge in [0.1, 0.15) is 11.5 Å². The summed E-state index contributed by atoms with van der Waals surface area (Å²) >= 11 is 6.04. The lowest BCUT2D eigenvalue weighted by molar-refractivity contribution is 0.0299. The van der Waals surface area contributed by atoms with E-state index in [1.807, 2.05) is 0 Å². The number of amides is 1. The van der Waals surface area contributed by atoms with Crippen molar-refractivity contribution in [1.29, 1.82) is 0 Å². The molecule has 0 aliphatic carbocycles. The minimum absolute atomic E-state index is 0.0724. The quantitative estimate of drug-likeness (QED) is 0.841. The Labute approximate surface area is 148 Å². The van der Waals surface area contributed by atoms with Crippen molar-refractivity contribution in [2.45, 2.75) is 46.6 Å². The van der Waals surface area contributed by atoms with Crippen molar-refractivity contribution in [2.24, 2.45) is 5.41 Å². The third-order valence-corrected chi connectivity index (χ3v) is 3.82. The van der Waals surface area contributed by atoms with Crippen LogP contribution in [-0.4, -0.2) is 52.6 Å². The Morgan fingerprint density at radius 2 is 1.88 bits per heavy atom. The van der Waals surface area contributed by atoms with Crippen LogP contribution in [0.1, 0.15) is 51.5 Å². The Hall–Kier alpha value is -1.40. The lowest BCUT2D eigenvalue weighted by Gasteiger charge is -2.34. The van der Waals surface area contributed by atoms with E-state index in [2.05, 4.69) is 49.9 Å². The van der Waals surface area contributed by atoms with Crippen LogP contribution < -0.4 is 5.32 Å². The van der Waals surface area contributed by atoms with Crippen LogP contribution in [0.5, 0.6) is 0 Å². The molecule has 0 saturated carbocycles. The van der Waals surface area contributed by atoms with Gasteiger partial charge < -0.3 is 15.0 Å². The molecule has 2 heterocycles. The van der Waals surface area contributed by atoms with Crippen LogP contribution in [0.15, 0.2) is 6.07 Å². The lowest BCUT2D eigenvalue weighted by atomic mass is 9.82. The Kier molecular flexibility index (Phi) is 5.71. The first kappa shape index (κ1) is 18.9. The van der Waals surface area contributed by atoms with Gasteiger partial charge in [-0.2, -0.15) is 0 Å². The summed E-state index contributed by atoms with van der Waals surface area (Å²) in [6.45, 7) is 13.0. The molecule has 0 bridgehead atoms. The topological polar surface area (TPSA) is 67.4 Å². The smallest absolute Gasteiger partial charge is 0.272 e. The zero-order valence-corrected chi connectivity index (χ0v) is 15.9. The number of carbonyl (C=O) groups excluding carboxylic acids is 1. The van der Waals surface area contributed by atoms with Gasteiger partial charge in [0.25, 0.3) is 5.91 Å². The summed E-state index contributed by atoms with van der Waals surface area (Å²) in [4.78, 5) is 22.6. The second-order valence-corrected chi connectivity index (χ2v) is 8.40. The molecule has 2 rings (SSSR count). The van der Waals surface area contributed by atoms with Gasteiger partial charge in [0, 0.05) is 24.7 Å². The minimum atomic E-state index is -0.185. The summed E-state index contributed by atoms with van der Waals surface area (Å²) in [6.07, 6.45) is 0.939. The molecule has 0 radical (unpaired) electrons. The van der Waals surface area contributed by atoms with Gasteiger partial charge in [0.2, 0.25) is 5.28 Å². The number of nitrogens with zero attached hydrogens (tertiary/aromatic N) is 3. The highest BCUT2D eigenvalue weighted by atomic mass is 35.5. The number of hydrogen-bond donors (Lipinski definition) is 1. The number of nitrogens with one attached hydrogen (secondary N) is 1. The standard InChI is InChI=1S/C17H27ClN4O2/c1-16(2,3)11-17(4,5)21-13-10-12(19-15(18)20-13)14(23)22-6-8-24-9-7-22/h10H,6-9,11H2,1-5H3,(H,19,20,21). The molecule has 0 spiro atoms. The van der Waals surface area contributed by atoms with E-state index in [9.17, 15) is 4.79 Å². The van der Waals surface area contributed by atoms with Crippen LogP contribution >= 0.6 is 11.6 Å². The predicted molar refractivity (Wildman–Crippen MR) is 95.5 cm³/mol. The summed E-state index contributed by atoms with van der Waals surface area (Å²) in [5.74, 6) is 0.431. The molecule has 1 amide bonds. The first-order valence-corrected chi connectivity index (χ1v) is 8.63. The van der Waals surface area contributed by atoms with Crippen molar-refractivity contribution >= 4 is 23.3 Å². The number of aromatic nitrogens is 2. The minimum Gasteiger partial charge on any atom is -0.378 e. The second-order valence-electron chi connectivity index (χ2n) is 8.06. The van der Waals surface area contributed by atoms with Crippen LogP contribution in [-0.2, 0) is 4.74 Å². The SMILES string of the molecule is CC(C)(C)CC(C)(C)Nc1cc(C(=O)N2CCOCC2)nc(Cl)n1. The number of rotatable bonds is 4. The second kappa shape index (κ2) is 7.23. The molecule has 1 aromatic rings. The van der Waals surface area contributed by atoms with Crippen LogP contribution in [0.3, 0.4) is 0 Å². The number of hydrogen-bond acceptors (Lipinski definition) is 5. The van der Waals surface area contributed by atoms with Crippen molar-refractivity contribution in [2.75, 3.05) is 31.6 Å². The average Bonchev–Trinajstić information content (AvgIpc) is 2.43. The molecule has 0 unspecified atom stereocenters. The zero-order valence-electron chi connectivity index (χ0n) is 15.1. The van der Waals surface area contributed by atoms with Gasteiger partial charge in [0.05, 0.1) is 13.2 Å². The molecule has 0 aromatic carbocycles. The maximum absolute atomic E-state index is 12.6. The number of carbonyl (C=O) groups is 1. The molecule has 1 aliphatic heterocycles. The monoisotopic (exact) mass is 354 g/mol. The summed E-state index contributed by atoms with van der Waals surface area (Å²) in [5, 5.41) is 3.46. The molecule has 134 valence electrons. The van der Waals surface area contributed by atoms with E-state index in [1.54, 1.807) is 11.0 Å². The summed E-state index contributed by atoms with van der Waals surface area (Å²) in [6, 6.07) is 1.67. The average molecular weight is 355 g/mol. The maximum atomic E-state index is 12.6. The van der Waals surface area contributed by atoms with Crippen molar-refractivity contribution in [1.82, 2.24) is 14.9 Å². The molecule has 1 N–H and O–H groups in total. The van der Waals surface area contributed by atoms with Gasteiger partial charge in [-0.15, -0.1) is 0 Å². The van der Waals surface area contributed by atoms with E-state index in [0.29, 0.717) is 37.8 Å². The van der Waals surface area contributed by atoms with Crippen molar-refractivity contribution < 1.29 is 9.53 Å². The molecule has 24 heavy (non-hydrogen) atoms.